The minimum atomic E-state index is 0.184. The van der Waals surface area contributed by atoms with E-state index in [2.05, 4.69) is 92.0 Å². The van der Waals surface area contributed by atoms with Gasteiger partial charge in [0.25, 0.3) is 0 Å². The van der Waals surface area contributed by atoms with Crippen molar-refractivity contribution in [2.24, 2.45) is 10.8 Å². The largest absolute Gasteiger partial charge is 0.129 e. The molecule has 1 aliphatic rings. The summed E-state index contributed by atoms with van der Waals surface area (Å²) < 4.78 is 0. The fraction of sp³-hybridized carbons (Fsp3) is 0.538. The lowest BCUT2D eigenvalue weighted by atomic mass is 9.56. The predicted molar refractivity (Wildman–Crippen MR) is 122 cm³/mol. The molecular formula is C26H36S. The van der Waals surface area contributed by atoms with E-state index in [1.165, 1.54) is 51.1 Å². The van der Waals surface area contributed by atoms with Crippen LogP contribution in [0.5, 0.6) is 0 Å². The maximum absolute atomic E-state index is 2.51. The topological polar surface area (TPSA) is 0 Å². The van der Waals surface area contributed by atoms with Crippen LogP contribution < -0.4 is 0 Å². The molecule has 0 spiro atoms. The van der Waals surface area contributed by atoms with Crippen molar-refractivity contribution in [1.29, 1.82) is 0 Å². The van der Waals surface area contributed by atoms with E-state index in [1.54, 1.807) is 0 Å². The summed E-state index contributed by atoms with van der Waals surface area (Å²) >= 11 is 1.86. The third-order valence-corrected chi connectivity index (χ3v) is 8.45. The highest BCUT2D eigenvalue weighted by Gasteiger charge is 2.58. The first kappa shape index (κ1) is 20.5. The summed E-state index contributed by atoms with van der Waals surface area (Å²) in [6.45, 7) is 19.1. The molecule has 27 heavy (non-hydrogen) atoms. The van der Waals surface area contributed by atoms with Crippen molar-refractivity contribution < 1.29 is 0 Å². The molecule has 2 aromatic rings. The minimum absolute atomic E-state index is 0.184. The third-order valence-electron chi connectivity index (χ3n) is 7.50. The van der Waals surface area contributed by atoms with Crippen LogP contribution in [0.25, 0.3) is 11.1 Å². The van der Waals surface area contributed by atoms with Crippen LogP contribution in [0.4, 0.5) is 0 Å². The van der Waals surface area contributed by atoms with Crippen LogP contribution in [0, 0.1) is 31.6 Å². The zero-order chi connectivity index (χ0) is 20.2. The number of benzene rings is 2. The van der Waals surface area contributed by atoms with Gasteiger partial charge in [0.05, 0.1) is 0 Å². The summed E-state index contributed by atoms with van der Waals surface area (Å²) in [5.41, 5.74) is 9.34. The van der Waals surface area contributed by atoms with Crippen LogP contribution in [0.3, 0.4) is 0 Å². The first-order valence-electron chi connectivity index (χ1n) is 10.2. The monoisotopic (exact) mass is 380 g/mol. The molecular weight excluding hydrogens is 344 g/mol. The second-order valence-corrected chi connectivity index (χ2v) is 10.9. The van der Waals surface area contributed by atoms with Crippen LogP contribution in [0.2, 0.25) is 0 Å². The normalized spacial score (nSPS) is 18.3. The molecule has 1 heteroatoms. The number of hydrogen-bond donors (Lipinski definition) is 0. The molecule has 0 heterocycles. The zero-order valence-electron chi connectivity index (χ0n) is 18.7. The van der Waals surface area contributed by atoms with Crippen molar-refractivity contribution in [3.05, 3.63) is 52.6 Å². The maximum atomic E-state index is 2.51. The van der Waals surface area contributed by atoms with Crippen molar-refractivity contribution in [2.75, 3.05) is 6.26 Å². The molecule has 1 fully saturated rings. The van der Waals surface area contributed by atoms with Gasteiger partial charge in [-0.15, -0.1) is 11.8 Å². The van der Waals surface area contributed by atoms with Crippen LogP contribution in [-0.4, -0.2) is 6.26 Å². The highest BCUT2D eigenvalue weighted by Crippen LogP contribution is 2.65. The molecule has 0 bridgehead atoms. The smallest absolute Gasteiger partial charge is 0.0177 e. The highest BCUT2D eigenvalue weighted by molar-refractivity contribution is 7.98. The first-order chi connectivity index (χ1) is 12.5. The molecule has 1 atom stereocenters. The van der Waals surface area contributed by atoms with Crippen LogP contribution in [0.15, 0.2) is 35.2 Å². The Morgan fingerprint density at radius 3 is 1.89 bits per heavy atom. The van der Waals surface area contributed by atoms with Crippen molar-refractivity contribution in [1.82, 2.24) is 0 Å². The zero-order valence-corrected chi connectivity index (χ0v) is 19.5. The van der Waals surface area contributed by atoms with E-state index in [-0.39, 0.29) is 10.8 Å². The second kappa shape index (κ2) is 6.69. The molecule has 1 saturated carbocycles. The maximum Gasteiger partial charge on any atom is 0.0177 e. The standard InChI is InChI=1S/C26H36S/c1-17-11-10-12-21(23(17)27-9)22-18(2)15-20(16-19(22)3)26(8,24(4,5)6)25(7)13-14-25/h10-12,15-16H,13-14H2,1-9H3. The molecule has 2 aromatic carbocycles. The quantitative estimate of drug-likeness (QED) is 0.483. The number of aryl methyl sites for hydroxylation is 3. The molecule has 0 saturated heterocycles. The lowest BCUT2D eigenvalue weighted by molar-refractivity contribution is 0.116. The molecule has 1 aliphatic carbocycles. The number of thioether (sulfide) groups is 1. The van der Waals surface area contributed by atoms with Gasteiger partial charge in [-0.3, -0.25) is 0 Å². The van der Waals surface area contributed by atoms with E-state index in [0.717, 1.165) is 0 Å². The summed E-state index contributed by atoms with van der Waals surface area (Å²) in [5.74, 6) is 0. The van der Waals surface area contributed by atoms with Crippen molar-refractivity contribution >= 4 is 11.8 Å². The van der Waals surface area contributed by atoms with E-state index in [4.69, 9.17) is 0 Å². The van der Waals surface area contributed by atoms with Crippen molar-refractivity contribution in [3.8, 4) is 11.1 Å². The second-order valence-electron chi connectivity index (χ2n) is 10.1. The van der Waals surface area contributed by atoms with Crippen molar-refractivity contribution in [3.63, 3.8) is 0 Å². The van der Waals surface area contributed by atoms with Gasteiger partial charge >= 0.3 is 0 Å². The molecule has 0 nitrogen and oxygen atoms in total. The Hall–Kier alpha value is -1.21. The highest BCUT2D eigenvalue weighted by atomic mass is 32.2. The Kier molecular flexibility index (Phi) is 5.09. The number of rotatable bonds is 4. The lowest BCUT2D eigenvalue weighted by Gasteiger charge is -2.48. The number of hydrogen-bond acceptors (Lipinski definition) is 1. The van der Waals surface area contributed by atoms with Gasteiger partial charge in [-0.2, -0.15) is 0 Å². The van der Waals surface area contributed by atoms with E-state index in [1.807, 2.05) is 11.8 Å². The van der Waals surface area contributed by atoms with Gasteiger partial charge in [0.1, 0.15) is 0 Å². The van der Waals surface area contributed by atoms with E-state index < -0.39 is 0 Å². The summed E-state index contributed by atoms with van der Waals surface area (Å²) in [4.78, 5) is 1.41. The molecule has 0 aromatic heterocycles. The lowest BCUT2D eigenvalue weighted by Crippen LogP contribution is -2.44. The first-order valence-corrected chi connectivity index (χ1v) is 11.4. The van der Waals surface area contributed by atoms with Gasteiger partial charge in [0, 0.05) is 10.3 Å². The molecule has 146 valence electrons. The molecule has 1 unspecified atom stereocenters. The van der Waals surface area contributed by atoms with E-state index in [9.17, 15) is 0 Å². The fourth-order valence-corrected chi connectivity index (χ4v) is 5.95. The van der Waals surface area contributed by atoms with E-state index in [0.29, 0.717) is 5.41 Å². The van der Waals surface area contributed by atoms with Crippen LogP contribution in [-0.2, 0) is 5.41 Å². The fourth-order valence-electron chi connectivity index (χ4n) is 5.17. The third kappa shape index (κ3) is 3.16. The van der Waals surface area contributed by atoms with Crippen LogP contribution >= 0.6 is 11.8 Å². The Morgan fingerprint density at radius 2 is 1.44 bits per heavy atom. The summed E-state index contributed by atoms with van der Waals surface area (Å²) in [7, 11) is 0. The van der Waals surface area contributed by atoms with Crippen molar-refractivity contribution in [2.45, 2.75) is 78.5 Å². The van der Waals surface area contributed by atoms with Gasteiger partial charge in [-0.05, 0) is 84.1 Å². The Balaban J connectivity index is 2.21. The Bertz CT molecular complexity index is 834. The van der Waals surface area contributed by atoms with Gasteiger partial charge in [0.2, 0.25) is 0 Å². The van der Waals surface area contributed by atoms with Crippen LogP contribution in [0.1, 0.15) is 69.7 Å². The average Bonchev–Trinajstić information content (AvgIpc) is 3.31. The predicted octanol–water partition coefficient (Wildman–Crippen LogP) is 8.10. The molecule has 0 radical (unpaired) electrons. The molecule has 0 aliphatic heterocycles. The van der Waals surface area contributed by atoms with Gasteiger partial charge < -0.3 is 0 Å². The molecule has 0 amide bonds. The summed E-state index contributed by atoms with van der Waals surface area (Å²) in [6.07, 6.45) is 4.87. The van der Waals surface area contributed by atoms with E-state index >= 15 is 0 Å². The summed E-state index contributed by atoms with van der Waals surface area (Å²) in [5, 5.41) is 0. The Labute approximate surface area is 171 Å². The molecule has 3 rings (SSSR count). The van der Waals surface area contributed by atoms with Gasteiger partial charge in [-0.1, -0.05) is 65.0 Å². The van der Waals surface area contributed by atoms with Gasteiger partial charge in [0.15, 0.2) is 0 Å². The average molecular weight is 381 g/mol. The molecule has 0 N–H and O–H groups in total. The Morgan fingerprint density at radius 1 is 0.889 bits per heavy atom. The summed E-state index contributed by atoms with van der Waals surface area (Å²) in [6, 6.07) is 11.7. The minimum Gasteiger partial charge on any atom is -0.129 e. The SMILES string of the molecule is CSc1c(C)cccc1-c1c(C)cc(C(C)(C(C)(C)C)C2(C)CC2)cc1C. The van der Waals surface area contributed by atoms with Gasteiger partial charge in [-0.25, -0.2) is 0 Å².